The third kappa shape index (κ3) is 3.07. The van der Waals surface area contributed by atoms with Crippen LogP contribution in [0.3, 0.4) is 0 Å². The molecule has 1 atom stereocenters. The minimum Gasteiger partial charge on any atom is -0.454 e. The van der Waals surface area contributed by atoms with Crippen molar-refractivity contribution < 1.29 is 14.3 Å². The Bertz CT molecular complexity index is 436. The van der Waals surface area contributed by atoms with Crippen molar-refractivity contribution in [3.8, 4) is 11.5 Å². The van der Waals surface area contributed by atoms with Crippen molar-refractivity contribution in [1.29, 1.82) is 0 Å². The average Bonchev–Trinajstić information content (AvgIpc) is 2.83. The predicted molar refractivity (Wildman–Crippen MR) is 69.4 cm³/mol. The molecule has 98 valence electrons. The van der Waals surface area contributed by atoms with Gasteiger partial charge in [0, 0.05) is 18.0 Å². The molecule has 1 amide bonds. The van der Waals surface area contributed by atoms with Crippen LogP contribution in [0, 0.1) is 5.92 Å². The molecule has 1 heterocycles. The summed E-state index contributed by atoms with van der Waals surface area (Å²) in [5.74, 6) is 2.19. The van der Waals surface area contributed by atoms with Gasteiger partial charge in [0.15, 0.2) is 11.5 Å². The second kappa shape index (κ2) is 5.96. The van der Waals surface area contributed by atoms with E-state index in [9.17, 15) is 4.79 Å². The normalized spacial score (nSPS) is 14.3. The van der Waals surface area contributed by atoms with E-state index < -0.39 is 0 Å². The van der Waals surface area contributed by atoms with Gasteiger partial charge in [-0.25, -0.2) is 0 Å². The molecule has 18 heavy (non-hydrogen) atoms. The van der Waals surface area contributed by atoms with Gasteiger partial charge >= 0.3 is 0 Å². The van der Waals surface area contributed by atoms with E-state index in [2.05, 4.69) is 12.2 Å². The van der Waals surface area contributed by atoms with E-state index in [4.69, 9.17) is 21.1 Å². The molecule has 0 aliphatic carbocycles. The van der Waals surface area contributed by atoms with Crippen LogP contribution in [0.2, 0.25) is 0 Å². The van der Waals surface area contributed by atoms with E-state index in [0.717, 1.165) is 6.42 Å². The second-order valence-corrected chi connectivity index (χ2v) is 4.74. The van der Waals surface area contributed by atoms with E-state index in [1.807, 2.05) is 0 Å². The predicted octanol–water partition coefficient (Wildman–Crippen LogP) is 2.41. The molecular weight excluding hydrogens is 254 g/mol. The van der Waals surface area contributed by atoms with Gasteiger partial charge in [-0.15, -0.1) is 11.6 Å². The molecule has 0 spiro atoms. The van der Waals surface area contributed by atoms with Crippen LogP contribution >= 0.6 is 11.6 Å². The highest BCUT2D eigenvalue weighted by atomic mass is 35.5. The summed E-state index contributed by atoms with van der Waals surface area (Å²) >= 11 is 5.65. The van der Waals surface area contributed by atoms with Crippen molar-refractivity contribution in [2.45, 2.75) is 13.3 Å². The number of nitrogens with one attached hydrogen (secondary N) is 1. The van der Waals surface area contributed by atoms with Crippen molar-refractivity contribution >= 4 is 17.5 Å². The van der Waals surface area contributed by atoms with Gasteiger partial charge in [0.2, 0.25) is 6.79 Å². The maximum Gasteiger partial charge on any atom is 0.251 e. The highest BCUT2D eigenvalue weighted by Gasteiger charge is 2.16. The Hall–Kier alpha value is -1.42. The van der Waals surface area contributed by atoms with Gasteiger partial charge in [0.25, 0.3) is 5.91 Å². The highest BCUT2D eigenvalue weighted by Crippen LogP contribution is 2.32. The van der Waals surface area contributed by atoms with Crippen molar-refractivity contribution in [3.63, 3.8) is 0 Å². The molecule has 4 nitrogen and oxygen atoms in total. The first-order chi connectivity index (χ1) is 8.70. The summed E-state index contributed by atoms with van der Waals surface area (Å²) in [6.07, 6.45) is 0.892. The quantitative estimate of drug-likeness (QED) is 0.835. The van der Waals surface area contributed by atoms with Crippen LogP contribution in [0.5, 0.6) is 11.5 Å². The molecule has 5 heteroatoms. The molecule has 0 saturated heterocycles. The zero-order valence-corrected chi connectivity index (χ0v) is 11.0. The SMILES string of the molecule is CC(CCCl)CNC(=O)c1ccc2c(c1)OCO2. The van der Waals surface area contributed by atoms with Crippen LogP contribution in [0.25, 0.3) is 0 Å². The summed E-state index contributed by atoms with van der Waals surface area (Å²) in [6, 6.07) is 5.18. The summed E-state index contributed by atoms with van der Waals surface area (Å²) in [5, 5.41) is 2.88. The molecule has 2 rings (SSSR count). The highest BCUT2D eigenvalue weighted by molar-refractivity contribution is 6.17. The van der Waals surface area contributed by atoms with Crippen molar-refractivity contribution in [2.75, 3.05) is 19.2 Å². The third-order valence-corrected chi connectivity index (χ3v) is 3.07. The first-order valence-electron chi connectivity index (χ1n) is 5.94. The van der Waals surface area contributed by atoms with E-state index in [0.29, 0.717) is 35.4 Å². The molecule has 0 radical (unpaired) electrons. The van der Waals surface area contributed by atoms with E-state index in [1.54, 1.807) is 18.2 Å². The van der Waals surface area contributed by atoms with Crippen LogP contribution in [0.4, 0.5) is 0 Å². The number of benzene rings is 1. The number of hydrogen-bond donors (Lipinski definition) is 1. The molecule has 1 aliphatic rings. The minimum atomic E-state index is -0.102. The Morgan fingerprint density at radius 1 is 1.44 bits per heavy atom. The number of amides is 1. The first kappa shape index (κ1) is 13.0. The molecule has 0 bridgehead atoms. The molecule has 0 fully saturated rings. The maximum absolute atomic E-state index is 11.9. The van der Waals surface area contributed by atoms with Gasteiger partial charge in [-0.1, -0.05) is 6.92 Å². The summed E-state index contributed by atoms with van der Waals surface area (Å²) in [7, 11) is 0. The fourth-order valence-electron chi connectivity index (χ4n) is 1.70. The van der Waals surface area contributed by atoms with Gasteiger partial charge < -0.3 is 14.8 Å². The molecule has 1 N–H and O–H groups in total. The minimum absolute atomic E-state index is 0.102. The topological polar surface area (TPSA) is 47.6 Å². The first-order valence-corrected chi connectivity index (χ1v) is 6.48. The summed E-state index contributed by atoms with van der Waals surface area (Å²) in [5.41, 5.74) is 0.581. The number of fused-ring (bicyclic) bond motifs is 1. The standard InChI is InChI=1S/C13H16ClNO3/c1-9(4-5-14)7-15-13(16)10-2-3-11-12(6-10)18-8-17-11/h2-3,6,9H,4-5,7-8H2,1H3,(H,15,16). The summed E-state index contributed by atoms with van der Waals surface area (Å²) in [6.45, 7) is 2.90. The van der Waals surface area contributed by atoms with Crippen molar-refractivity contribution in [3.05, 3.63) is 23.8 Å². The largest absolute Gasteiger partial charge is 0.454 e. The number of hydrogen-bond acceptors (Lipinski definition) is 3. The molecular formula is C13H16ClNO3. The number of carbonyl (C=O) groups is 1. The van der Waals surface area contributed by atoms with Gasteiger partial charge in [-0.2, -0.15) is 0 Å². The van der Waals surface area contributed by atoms with Crippen LogP contribution in [0.15, 0.2) is 18.2 Å². The zero-order valence-electron chi connectivity index (χ0n) is 10.2. The number of halogens is 1. The summed E-state index contributed by atoms with van der Waals surface area (Å²) in [4.78, 5) is 11.9. The Morgan fingerprint density at radius 3 is 3.00 bits per heavy atom. The molecule has 0 saturated carbocycles. The van der Waals surface area contributed by atoms with Crippen LogP contribution in [-0.4, -0.2) is 25.1 Å². The molecule has 1 aliphatic heterocycles. The Morgan fingerprint density at radius 2 is 2.22 bits per heavy atom. The lowest BCUT2D eigenvalue weighted by Crippen LogP contribution is -2.28. The molecule has 1 aromatic rings. The van der Waals surface area contributed by atoms with Gasteiger partial charge in [-0.05, 0) is 30.5 Å². The number of alkyl halides is 1. The molecule has 0 aromatic heterocycles. The Kier molecular flexibility index (Phi) is 4.31. The van der Waals surface area contributed by atoms with Crippen LogP contribution in [-0.2, 0) is 0 Å². The average molecular weight is 270 g/mol. The Labute approximate surface area is 111 Å². The molecule has 1 unspecified atom stereocenters. The lowest BCUT2D eigenvalue weighted by molar-refractivity contribution is 0.0947. The van der Waals surface area contributed by atoms with Crippen molar-refractivity contribution in [1.82, 2.24) is 5.32 Å². The monoisotopic (exact) mass is 269 g/mol. The Balaban J connectivity index is 1.93. The fourth-order valence-corrected chi connectivity index (χ4v) is 2.07. The lowest BCUT2D eigenvalue weighted by Gasteiger charge is -2.11. The third-order valence-electron chi connectivity index (χ3n) is 2.85. The summed E-state index contributed by atoms with van der Waals surface area (Å²) < 4.78 is 10.4. The van der Waals surface area contributed by atoms with E-state index >= 15 is 0 Å². The van der Waals surface area contributed by atoms with E-state index in [1.165, 1.54) is 0 Å². The van der Waals surface area contributed by atoms with Crippen LogP contribution < -0.4 is 14.8 Å². The lowest BCUT2D eigenvalue weighted by atomic mass is 10.1. The van der Waals surface area contributed by atoms with E-state index in [-0.39, 0.29) is 12.7 Å². The van der Waals surface area contributed by atoms with Crippen LogP contribution in [0.1, 0.15) is 23.7 Å². The maximum atomic E-state index is 11.9. The van der Waals surface area contributed by atoms with Gasteiger partial charge in [0.05, 0.1) is 0 Å². The number of carbonyl (C=O) groups excluding carboxylic acids is 1. The zero-order chi connectivity index (χ0) is 13.0. The number of rotatable bonds is 5. The van der Waals surface area contributed by atoms with Gasteiger partial charge in [-0.3, -0.25) is 4.79 Å². The second-order valence-electron chi connectivity index (χ2n) is 4.36. The fraction of sp³-hybridized carbons (Fsp3) is 0.462. The number of ether oxygens (including phenoxy) is 2. The smallest absolute Gasteiger partial charge is 0.251 e. The van der Waals surface area contributed by atoms with Crippen molar-refractivity contribution in [2.24, 2.45) is 5.92 Å². The molecule has 1 aromatic carbocycles. The van der Waals surface area contributed by atoms with Gasteiger partial charge in [0.1, 0.15) is 0 Å².